The van der Waals surface area contributed by atoms with Crippen LogP contribution in [0.5, 0.6) is 0 Å². The van der Waals surface area contributed by atoms with Gasteiger partial charge in [-0.1, -0.05) is 23.7 Å². The van der Waals surface area contributed by atoms with Crippen molar-refractivity contribution < 1.29 is 14.4 Å². The first-order valence-corrected chi connectivity index (χ1v) is 8.08. The largest absolute Gasteiger partial charge is 0.336 e. The Morgan fingerprint density at radius 2 is 1.92 bits per heavy atom. The summed E-state index contributed by atoms with van der Waals surface area (Å²) in [6.07, 6.45) is 0. The smallest absolute Gasteiger partial charge is 0.328 e. The molecule has 0 aliphatic carbocycles. The number of carbonyl (C=O) groups is 3. The number of urea groups is 1. The van der Waals surface area contributed by atoms with Crippen molar-refractivity contribution in [3.63, 3.8) is 0 Å². The summed E-state index contributed by atoms with van der Waals surface area (Å²) in [4.78, 5) is 38.2. The Labute approximate surface area is 149 Å². The molecule has 0 bridgehead atoms. The highest BCUT2D eigenvalue weighted by molar-refractivity contribution is 6.30. The molecule has 7 heteroatoms. The van der Waals surface area contributed by atoms with Crippen molar-refractivity contribution in [3.05, 3.63) is 59.1 Å². The van der Waals surface area contributed by atoms with Gasteiger partial charge in [-0.05, 0) is 48.9 Å². The van der Waals surface area contributed by atoms with Crippen LogP contribution in [0, 0.1) is 12.8 Å². The summed E-state index contributed by atoms with van der Waals surface area (Å²) in [6.45, 7) is 1.86. The second-order valence-electron chi connectivity index (χ2n) is 5.75. The predicted octanol–water partition coefficient (Wildman–Crippen LogP) is 2.96. The van der Waals surface area contributed by atoms with Crippen LogP contribution in [-0.2, 0) is 9.59 Å². The second kappa shape index (κ2) is 6.94. The van der Waals surface area contributed by atoms with E-state index in [2.05, 4.69) is 10.6 Å². The number of halogens is 1. The Morgan fingerprint density at radius 3 is 2.60 bits per heavy atom. The van der Waals surface area contributed by atoms with Gasteiger partial charge in [0.05, 0.1) is 5.69 Å². The molecule has 3 rings (SSSR count). The van der Waals surface area contributed by atoms with E-state index >= 15 is 0 Å². The van der Waals surface area contributed by atoms with Gasteiger partial charge in [0.2, 0.25) is 11.8 Å². The molecule has 4 amide bonds. The van der Waals surface area contributed by atoms with Crippen LogP contribution in [0.15, 0.2) is 48.5 Å². The summed E-state index contributed by atoms with van der Waals surface area (Å²) in [5.74, 6) is -2.04. The van der Waals surface area contributed by atoms with Crippen LogP contribution in [0.25, 0.3) is 0 Å². The van der Waals surface area contributed by atoms with E-state index in [1.807, 2.05) is 19.1 Å². The normalized spacial score (nSPS) is 17.2. The van der Waals surface area contributed by atoms with Gasteiger partial charge in [0.25, 0.3) is 0 Å². The fraction of sp³-hybridized carbons (Fsp3) is 0.167. The lowest BCUT2D eigenvalue weighted by Crippen LogP contribution is -2.58. The van der Waals surface area contributed by atoms with Crippen LogP contribution in [-0.4, -0.2) is 24.4 Å². The molecule has 0 aromatic heterocycles. The Bertz CT molecular complexity index is 836. The van der Waals surface area contributed by atoms with Gasteiger partial charge in [0.15, 0.2) is 0 Å². The lowest BCUT2D eigenvalue weighted by atomic mass is 10.0. The zero-order chi connectivity index (χ0) is 18.0. The lowest BCUT2D eigenvalue weighted by molar-refractivity contribution is -0.130. The van der Waals surface area contributed by atoms with Gasteiger partial charge in [0.1, 0.15) is 5.92 Å². The third kappa shape index (κ3) is 3.64. The topological polar surface area (TPSA) is 78.5 Å². The van der Waals surface area contributed by atoms with Gasteiger partial charge in [-0.15, -0.1) is 0 Å². The first kappa shape index (κ1) is 17.0. The van der Waals surface area contributed by atoms with Gasteiger partial charge in [-0.2, -0.15) is 0 Å². The van der Waals surface area contributed by atoms with Crippen molar-refractivity contribution in [3.8, 4) is 0 Å². The molecule has 1 aliphatic heterocycles. The highest BCUT2D eigenvalue weighted by atomic mass is 35.5. The highest BCUT2D eigenvalue weighted by Crippen LogP contribution is 2.23. The maximum Gasteiger partial charge on any atom is 0.328 e. The fourth-order valence-electron chi connectivity index (χ4n) is 2.60. The maximum atomic E-state index is 12.7. The van der Waals surface area contributed by atoms with Gasteiger partial charge < -0.3 is 10.6 Å². The molecule has 2 aromatic carbocycles. The molecule has 0 radical (unpaired) electrons. The Hall–Kier alpha value is -2.86. The fourth-order valence-corrected chi connectivity index (χ4v) is 2.73. The monoisotopic (exact) mass is 357 g/mol. The van der Waals surface area contributed by atoms with E-state index in [0.717, 1.165) is 10.5 Å². The molecule has 2 N–H and O–H groups in total. The summed E-state index contributed by atoms with van der Waals surface area (Å²) in [6, 6.07) is 13.0. The number of anilines is 2. The molecule has 0 spiro atoms. The zero-order valence-corrected chi connectivity index (χ0v) is 14.2. The molecular formula is C18H16ClN3O3. The van der Waals surface area contributed by atoms with Crippen molar-refractivity contribution in [1.29, 1.82) is 0 Å². The summed E-state index contributed by atoms with van der Waals surface area (Å²) in [7, 11) is 0. The van der Waals surface area contributed by atoms with Crippen LogP contribution in [0.2, 0.25) is 5.02 Å². The van der Waals surface area contributed by atoms with E-state index in [1.54, 1.807) is 36.4 Å². The minimum Gasteiger partial charge on any atom is -0.336 e. The number of nitrogens with one attached hydrogen (secondary N) is 2. The molecule has 1 heterocycles. The van der Waals surface area contributed by atoms with Crippen LogP contribution >= 0.6 is 11.6 Å². The molecule has 2 aromatic rings. The average molecular weight is 358 g/mol. The van der Waals surface area contributed by atoms with Crippen LogP contribution < -0.4 is 15.5 Å². The van der Waals surface area contributed by atoms with E-state index in [0.29, 0.717) is 16.4 Å². The second-order valence-corrected chi connectivity index (χ2v) is 6.18. The number of rotatable bonds is 3. The maximum absolute atomic E-state index is 12.7. The van der Waals surface area contributed by atoms with Crippen molar-refractivity contribution in [2.45, 2.75) is 6.92 Å². The summed E-state index contributed by atoms with van der Waals surface area (Å²) in [5, 5.41) is 5.78. The molecule has 25 heavy (non-hydrogen) atoms. The molecular weight excluding hydrogens is 342 g/mol. The van der Waals surface area contributed by atoms with Crippen molar-refractivity contribution >= 4 is 40.8 Å². The number of imide groups is 1. The van der Waals surface area contributed by atoms with Crippen molar-refractivity contribution in [2.24, 2.45) is 5.92 Å². The summed E-state index contributed by atoms with van der Waals surface area (Å²) in [5.41, 5.74) is 1.96. The summed E-state index contributed by atoms with van der Waals surface area (Å²) >= 11 is 5.84. The molecule has 1 unspecified atom stereocenters. The molecule has 1 saturated heterocycles. The Kier molecular flexibility index (Phi) is 4.72. The van der Waals surface area contributed by atoms with E-state index in [-0.39, 0.29) is 6.54 Å². The van der Waals surface area contributed by atoms with Gasteiger partial charge in [-0.25, -0.2) is 9.69 Å². The van der Waals surface area contributed by atoms with Crippen LogP contribution in [0.1, 0.15) is 5.56 Å². The van der Waals surface area contributed by atoms with Crippen LogP contribution in [0.3, 0.4) is 0 Å². The Balaban J connectivity index is 1.80. The van der Waals surface area contributed by atoms with E-state index < -0.39 is 23.8 Å². The molecule has 1 atom stereocenters. The molecule has 0 saturated carbocycles. The number of amides is 4. The number of benzene rings is 2. The SMILES string of the molecule is Cc1cccc(NC(=O)C2CNC(=O)N(c3ccc(Cl)cc3)C2=O)c1. The first-order chi connectivity index (χ1) is 12.0. The predicted molar refractivity (Wildman–Crippen MR) is 95.6 cm³/mol. The molecule has 6 nitrogen and oxygen atoms in total. The third-order valence-corrected chi connectivity index (χ3v) is 4.12. The highest BCUT2D eigenvalue weighted by Gasteiger charge is 2.39. The summed E-state index contributed by atoms with van der Waals surface area (Å²) < 4.78 is 0. The van der Waals surface area contributed by atoms with Crippen molar-refractivity contribution in [1.82, 2.24) is 5.32 Å². The quantitative estimate of drug-likeness (QED) is 0.829. The van der Waals surface area contributed by atoms with Gasteiger partial charge in [0, 0.05) is 17.3 Å². The number of hydrogen-bond acceptors (Lipinski definition) is 3. The third-order valence-electron chi connectivity index (χ3n) is 3.87. The molecule has 1 aliphatic rings. The number of hydrogen-bond donors (Lipinski definition) is 2. The van der Waals surface area contributed by atoms with Gasteiger partial charge in [-0.3, -0.25) is 9.59 Å². The van der Waals surface area contributed by atoms with Crippen LogP contribution in [0.4, 0.5) is 16.2 Å². The lowest BCUT2D eigenvalue weighted by Gasteiger charge is -2.30. The van der Waals surface area contributed by atoms with E-state index in [9.17, 15) is 14.4 Å². The average Bonchev–Trinajstić information content (AvgIpc) is 2.56. The first-order valence-electron chi connectivity index (χ1n) is 7.70. The van der Waals surface area contributed by atoms with Crippen molar-refractivity contribution in [2.75, 3.05) is 16.8 Å². The molecule has 128 valence electrons. The van der Waals surface area contributed by atoms with E-state index in [4.69, 9.17) is 11.6 Å². The zero-order valence-electron chi connectivity index (χ0n) is 13.5. The number of nitrogens with zero attached hydrogens (tertiary/aromatic N) is 1. The molecule has 1 fully saturated rings. The number of carbonyl (C=O) groups excluding carboxylic acids is 3. The van der Waals surface area contributed by atoms with Gasteiger partial charge >= 0.3 is 6.03 Å². The standard InChI is InChI=1S/C18H16ClN3O3/c1-11-3-2-4-13(9-11)21-16(23)15-10-20-18(25)22(17(15)24)14-7-5-12(19)6-8-14/h2-9,15H,10H2,1H3,(H,20,25)(H,21,23). The number of aryl methyl sites for hydroxylation is 1. The Morgan fingerprint density at radius 1 is 1.20 bits per heavy atom. The minimum atomic E-state index is -1.01. The minimum absolute atomic E-state index is 0.0423. The van der Waals surface area contributed by atoms with E-state index in [1.165, 1.54) is 0 Å².